The Morgan fingerprint density at radius 2 is 2.15 bits per heavy atom. The van der Waals surface area contributed by atoms with Crippen LogP contribution in [-0.2, 0) is 13.0 Å². The van der Waals surface area contributed by atoms with Crippen molar-refractivity contribution in [1.82, 2.24) is 29.7 Å². The number of nitrogens with one attached hydrogen (secondary N) is 1. The lowest BCUT2D eigenvalue weighted by atomic mass is 10.2. The summed E-state index contributed by atoms with van der Waals surface area (Å²) in [5.41, 5.74) is 2.15. The van der Waals surface area contributed by atoms with Crippen molar-refractivity contribution in [3.05, 3.63) is 70.2 Å². The van der Waals surface area contributed by atoms with E-state index in [4.69, 9.17) is 11.6 Å². The van der Waals surface area contributed by atoms with E-state index in [1.54, 1.807) is 22.2 Å². The van der Waals surface area contributed by atoms with Crippen LogP contribution < -0.4 is 5.32 Å². The molecule has 0 spiro atoms. The molecule has 0 aliphatic rings. The average molecular weight is 387 g/mol. The summed E-state index contributed by atoms with van der Waals surface area (Å²) in [4.78, 5) is 17.7. The number of carbonyl (C=O) groups excluding carboxylic acids is 1. The van der Waals surface area contributed by atoms with Gasteiger partial charge in [-0.3, -0.25) is 9.20 Å². The molecular weight excluding hydrogens is 372 g/mol. The van der Waals surface area contributed by atoms with Crippen LogP contribution in [0.3, 0.4) is 0 Å². The van der Waals surface area contributed by atoms with Gasteiger partial charge in [0.25, 0.3) is 5.91 Å². The molecule has 0 bridgehead atoms. The minimum atomic E-state index is -0.253. The third-order valence-electron chi connectivity index (χ3n) is 3.87. The lowest BCUT2D eigenvalue weighted by molar-refractivity contribution is 0.0949. The Hall–Kier alpha value is -2.71. The first kappa shape index (κ1) is 16.7. The number of halogens is 1. The zero-order valence-corrected chi connectivity index (χ0v) is 15.2. The first-order chi connectivity index (χ1) is 12.7. The van der Waals surface area contributed by atoms with Crippen molar-refractivity contribution in [3.63, 3.8) is 0 Å². The second-order valence-corrected chi connectivity index (χ2v) is 7.00. The van der Waals surface area contributed by atoms with E-state index in [1.165, 1.54) is 0 Å². The van der Waals surface area contributed by atoms with Gasteiger partial charge in [-0.05, 0) is 11.6 Å². The van der Waals surface area contributed by atoms with E-state index in [0.717, 1.165) is 16.2 Å². The Morgan fingerprint density at radius 1 is 1.27 bits per heavy atom. The molecule has 0 aliphatic carbocycles. The van der Waals surface area contributed by atoms with Crippen molar-refractivity contribution in [2.24, 2.45) is 0 Å². The maximum Gasteiger partial charge on any atom is 0.273 e. The van der Waals surface area contributed by atoms with Gasteiger partial charge in [0.15, 0.2) is 10.7 Å². The highest BCUT2D eigenvalue weighted by molar-refractivity contribution is 7.15. The first-order valence-electron chi connectivity index (χ1n) is 8.02. The van der Waals surface area contributed by atoms with Crippen molar-refractivity contribution in [1.29, 1.82) is 0 Å². The molecule has 0 saturated carbocycles. The number of rotatable bonds is 6. The molecule has 4 aromatic rings. The SMILES string of the molecule is O=C(NCCc1cn2ccsc2n1)c1cn(Cc2ccccc2Cl)nn1. The summed E-state index contributed by atoms with van der Waals surface area (Å²) in [5, 5.41) is 13.4. The van der Waals surface area contributed by atoms with Crippen LogP contribution in [0, 0.1) is 0 Å². The van der Waals surface area contributed by atoms with Gasteiger partial charge < -0.3 is 5.32 Å². The van der Waals surface area contributed by atoms with Gasteiger partial charge in [-0.2, -0.15) is 0 Å². The van der Waals surface area contributed by atoms with Crippen molar-refractivity contribution in [3.8, 4) is 0 Å². The number of benzene rings is 1. The fraction of sp³-hybridized carbons (Fsp3) is 0.176. The van der Waals surface area contributed by atoms with Crippen molar-refractivity contribution >= 4 is 33.8 Å². The number of fused-ring (bicyclic) bond motifs is 1. The second-order valence-electron chi connectivity index (χ2n) is 5.72. The van der Waals surface area contributed by atoms with E-state index >= 15 is 0 Å². The fourth-order valence-electron chi connectivity index (χ4n) is 2.57. The van der Waals surface area contributed by atoms with E-state index in [9.17, 15) is 4.79 Å². The van der Waals surface area contributed by atoms with E-state index in [-0.39, 0.29) is 11.6 Å². The maximum atomic E-state index is 12.2. The summed E-state index contributed by atoms with van der Waals surface area (Å²) < 4.78 is 3.57. The van der Waals surface area contributed by atoms with Gasteiger partial charge in [-0.1, -0.05) is 35.0 Å². The number of aromatic nitrogens is 5. The van der Waals surface area contributed by atoms with E-state index in [2.05, 4.69) is 20.6 Å². The summed E-state index contributed by atoms with van der Waals surface area (Å²) in [5.74, 6) is -0.253. The Labute approximate surface area is 158 Å². The van der Waals surface area contributed by atoms with Crippen molar-refractivity contribution in [2.45, 2.75) is 13.0 Å². The molecule has 1 aromatic carbocycles. The lowest BCUT2D eigenvalue weighted by Crippen LogP contribution is -2.26. The number of imidazole rings is 1. The number of nitrogens with zero attached hydrogens (tertiary/aromatic N) is 5. The molecule has 0 radical (unpaired) electrons. The molecule has 0 atom stereocenters. The molecular formula is C17H15ClN6OS. The molecule has 26 heavy (non-hydrogen) atoms. The molecule has 3 aromatic heterocycles. The van der Waals surface area contributed by atoms with Crippen LogP contribution in [0.1, 0.15) is 21.7 Å². The molecule has 0 fully saturated rings. The van der Waals surface area contributed by atoms with Crippen LogP contribution >= 0.6 is 22.9 Å². The lowest BCUT2D eigenvalue weighted by Gasteiger charge is -2.03. The van der Waals surface area contributed by atoms with Gasteiger partial charge in [0.2, 0.25) is 0 Å². The van der Waals surface area contributed by atoms with Crippen LogP contribution in [0.15, 0.2) is 48.2 Å². The molecule has 3 heterocycles. The average Bonchev–Trinajstić information content (AvgIpc) is 3.33. The summed E-state index contributed by atoms with van der Waals surface area (Å²) >= 11 is 7.73. The van der Waals surface area contributed by atoms with Crippen LogP contribution in [0.2, 0.25) is 5.02 Å². The largest absolute Gasteiger partial charge is 0.350 e. The first-order valence-corrected chi connectivity index (χ1v) is 9.27. The molecule has 9 heteroatoms. The summed E-state index contributed by atoms with van der Waals surface area (Å²) in [6, 6.07) is 7.52. The Kier molecular flexibility index (Phi) is 4.68. The molecule has 4 rings (SSSR count). The molecule has 0 saturated heterocycles. The molecule has 1 amide bonds. The zero-order chi connectivity index (χ0) is 17.9. The van der Waals surface area contributed by atoms with E-state index in [1.807, 2.05) is 46.4 Å². The number of hydrogen-bond acceptors (Lipinski definition) is 5. The monoisotopic (exact) mass is 386 g/mol. The number of carbonyl (C=O) groups is 1. The summed E-state index contributed by atoms with van der Waals surface area (Å²) in [6.45, 7) is 0.951. The summed E-state index contributed by atoms with van der Waals surface area (Å²) in [6.07, 6.45) is 6.21. The van der Waals surface area contributed by atoms with Gasteiger partial charge in [0.1, 0.15) is 0 Å². The van der Waals surface area contributed by atoms with Crippen LogP contribution in [0.5, 0.6) is 0 Å². The third kappa shape index (κ3) is 3.61. The fourth-order valence-corrected chi connectivity index (χ4v) is 3.49. The van der Waals surface area contributed by atoms with Crippen LogP contribution in [0.4, 0.5) is 0 Å². The Balaban J connectivity index is 1.32. The maximum absolute atomic E-state index is 12.2. The highest BCUT2D eigenvalue weighted by Gasteiger charge is 2.11. The van der Waals surface area contributed by atoms with Crippen molar-refractivity contribution in [2.75, 3.05) is 6.54 Å². The predicted octanol–water partition coefficient (Wildman–Crippen LogP) is 2.66. The topological polar surface area (TPSA) is 77.1 Å². The number of amides is 1. The van der Waals surface area contributed by atoms with Crippen LogP contribution in [-0.4, -0.2) is 36.8 Å². The standard InChI is InChI=1S/C17H15ClN6OS/c18-14-4-2-1-3-12(14)9-24-11-15(21-22-24)16(25)19-6-5-13-10-23-7-8-26-17(23)20-13/h1-4,7-8,10-11H,5-6,9H2,(H,19,25). The van der Waals surface area contributed by atoms with Gasteiger partial charge in [0, 0.05) is 35.8 Å². The highest BCUT2D eigenvalue weighted by atomic mass is 35.5. The minimum Gasteiger partial charge on any atom is -0.350 e. The van der Waals surface area contributed by atoms with Gasteiger partial charge in [-0.15, -0.1) is 16.4 Å². The zero-order valence-electron chi connectivity index (χ0n) is 13.7. The third-order valence-corrected chi connectivity index (χ3v) is 5.01. The molecule has 132 valence electrons. The summed E-state index contributed by atoms with van der Waals surface area (Å²) in [7, 11) is 0. The van der Waals surface area contributed by atoms with E-state index < -0.39 is 0 Å². The molecule has 7 nitrogen and oxygen atoms in total. The number of hydrogen-bond donors (Lipinski definition) is 1. The molecule has 0 aliphatic heterocycles. The van der Waals surface area contributed by atoms with Gasteiger partial charge >= 0.3 is 0 Å². The smallest absolute Gasteiger partial charge is 0.273 e. The minimum absolute atomic E-state index is 0.253. The van der Waals surface area contributed by atoms with Gasteiger partial charge in [-0.25, -0.2) is 9.67 Å². The molecule has 1 N–H and O–H groups in total. The van der Waals surface area contributed by atoms with Gasteiger partial charge in [0.05, 0.1) is 18.4 Å². The molecule has 0 unspecified atom stereocenters. The normalized spacial score (nSPS) is 11.1. The Morgan fingerprint density at radius 3 is 3.00 bits per heavy atom. The predicted molar refractivity (Wildman–Crippen MR) is 99.7 cm³/mol. The van der Waals surface area contributed by atoms with E-state index in [0.29, 0.717) is 24.5 Å². The quantitative estimate of drug-likeness (QED) is 0.552. The second kappa shape index (κ2) is 7.27. The Bertz CT molecular complexity index is 1020. The van der Waals surface area contributed by atoms with Crippen molar-refractivity contribution < 1.29 is 4.79 Å². The van der Waals surface area contributed by atoms with Crippen LogP contribution in [0.25, 0.3) is 4.96 Å². The number of thiazole rings is 1. The highest BCUT2D eigenvalue weighted by Crippen LogP contribution is 2.16.